The number of likely N-dealkylation sites (tertiary alicyclic amines) is 2. The van der Waals surface area contributed by atoms with Gasteiger partial charge in [0.1, 0.15) is 11.4 Å². The smallest absolute Gasteiger partial charge is 0.272 e. The number of hydrogen-bond acceptors (Lipinski definition) is 4. The molecule has 7 heteroatoms. The average molecular weight is 425 g/mol. The summed E-state index contributed by atoms with van der Waals surface area (Å²) in [6.45, 7) is 7.17. The van der Waals surface area contributed by atoms with Crippen LogP contribution in [-0.4, -0.2) is 64.2 Å². The van der Waals surface area contributed by atoms with Crippen LogP contribution in [0.4, 0.5) is 0 Å². The fraction of sp³-hybridized carbons (Fsp3) is 0.542. The van der Waals surface area contributed by atoms with Crippen LogP contribution >= 0.6 is 0 Å². The second kappa shape index (κ2) is 9.12. The number of para-hydroxylation sites is 1. The lowest BCUT2D eigenvalue weighted by atomic mass is 9.78. The molecule has 2 atom stereocenters. The molecule has 3 heterocycles. The van der Waals surface area contributed by atoms with Gasteiger partial charge in [0.05, 0.1) is 12.3 Å². The van der Waals surface area contributed by atoms with E-state index in [1.165, 1.54) is 0 Å². The Morgan fingerprint density at radius 2 is 1.81 bits per heavy atom. The standard InChI is InChI=1S/C24H32N4O3/c1-17-13-23(26(3)25-17)24(30)28-14-20(16-31-21-7-5-4-6-8-21)22(15-28)19-9-11-27(12-10-19)18(2)29/h4-8,13,19-20,22H,9-12,14-16H2,1-3H3/t20-,22-/m0/s1. The summed E-state index contributed by atoms with van der Waals surface area (Å²) < 4.78 is 7.78. The van der Waals surface area contributed by atoms with Crippen LogP contribution in [0.1, 0.15) is 35.9 Å². The molecule has 2 amide bonds. The van der Waals surface area contributed by atoms with E-state index in [4.69, 9.17) is 4.74 Å². The number of nitrogens with zero attached hydrogens (tertiary/aromatic N) is 4. The minimum atomic E-state index is 0.0384. The van der Waals surface area contributed by atoms with Gasteiger partial charge in [-0.05, 0) is 49.8 Å². The number of ether oxygens (including phenoxy) is 1. The highest BCUT2D eigenvalue weighted by Crippen LogP contribution is 2.36. The van der Waals surface area contributed by atoms with Gasteiger partial charge in [-0.15, -0.1) is 0 Å². The van der Waals surface area contributed by atoms with Crippen molar-refractivity contribution in [3.8, 4) is 5.75 Å². The van der Waals surface area contributed by atoms with E-state index in [1.807, 2.05) is 60.2 Å². The fourth-order valence-corrected chi connectivity index (χ4v) is 5.11. The van der Waals surface area contributed by atoms with Crippen LogP contribution in [0, 0.1) is 24.7 Å². The molecule has 0 N–H and O–H groups in total. The molecule has 2 saturated heterocycles. The average Bonchev–Trinajstić information content (AvgIpc) is 3.35. The SMILES string of the molecule is CC(=O)N1CCC([C@@H]2CN(C(=O)c3cc(C)nn3C)C[C@H]2COc2ccccc2)CC1. The van der Waals surface area contributed by atoms with Gasteiger partial charge >= 0.3 is 0 Å². The van der Waals surface area contributed by atoms with E-state index in [0.717, 1.165) is 43.9 Å². The Balaban J connectivity index is 1.48. The molecule has 7 nitrogen and oxygen atoms in total. The minimum Gasteiger partial charge on any atom is -0.493 e. The summed E-state index contributed by atoms with van der Waals surface area (Å²) in [6, 6.07) is 11.7. The molecule has 2 aliphatic rings. The molecule has 0 spiro atoms. The van der Waals surface area contributed by atoms with Crippen LogP contribution < -0.4 is 4.74 Å². The summed E-state index contributed by atoms with van der Waals surface area (Å²) in [5.41, 5.74) is 1.48. The molecule has 2 aromatic rings. The van der Waals surface area contributed by atoms with Crippen molar-refractivity contribution in [2.75, 3.05) is 32.8 Å². The number of carbonyl (C=O) groups excluding carboxylic acids is 2. The Labute approximate surface area is 184 Å². The van der Waals surface area contributed by atoms with Crippen molar-refractivity contribution in [2.24, 2.45) is 24.8 Å². The maximum atomic E-state index is 13.2. The van der Waals surface area contributed by atoms with Gasteiger partial charge in [0.25, 0.3) is 5.91 Å². The molecule has 4 rings (SSSR count). The summed E-state index contributed by atoms with van der Waals surface area (Å²) in [7, 11) is 1.82. The molecular weight excluding hydrogens is 392 g/mol. The normalized spacial score (nSPS) is 22.0. The van der Waals surface area contributed by atoms with Crippen LogP contribution in [0.5, 0.6) is 5.75 Å². The van der Waals surface area contributed by atoms with Crippen molar-refractivity contribution >= 4 is 11.8 Å². The van der Waals surface area contributed by atoms with E-state index in [0.29, 0.717) is 30.7 Å². The highest BCUT2D eigenvalue weighted by atomic mass is 16.5. The van der Waals surface area contributed by atoms with Gasteiger partial charge in [0, 0.05) is 46.1 Å². The van der Waals surface area contributed by atoms with Gasteiger partial charge in [-0.25, -0.2) is 0 Å². The van der Waals surface area contributed by atoms with E-state index in [2.05, 4.69) is 5.10 Å². The van der Waals surface area contributed by atoms with Gasteiger partial charge in [-0.2, -0.15) is 5.10 Å². The lowest BCUT2D eigenvalue weighted by molar-refractivity contribution is -0.130. The Hall–Kier alpha value is -2.83. The molecule has 1 aromatic carbocycles. The third-order valence-electron chi connectivity index (χ3n) is 6.80. The second-order valence-electron chi connectivity index (χ2n) is 8.90. The molecule has 1 aromatic heterocycles. The zero-order valence-corrected chi connectivity index (χ0v) is 18.7. The number of carbonyl (C=O) groups is 2. The number of piperidine rings is 1. The van der Waals surface area contributed by atoms with Crippen LogP contribution in [-0.2, 0) is 11.8 Å². The molecule has 0 radical (unpaired) electrons. The van der Waals surface area contributed by atoms with Crippen molar-refractivity contribution in [3.05, 3.63) is 47.8 Å². The number of amides is 2. The van der Waals surface area contributed by atoms with Gasteiger partial charge in [0.15, 0.2) is 0 Å². The molecular formula is C24H32N4O3. The van der Waals surface area contributed by atoms with Crippen LogP contribution in [0.2, 0.25) is 0 Å². The van der Waals surface area contributed by atoms with Gasteiger partial charge < -0.3 is 14.5 Å². The fourth-order valence-electron chi connectivity index (χ4n) is 5.11. The van der Waals surface area contributed by atoms with Crippen LogP contribution in [0.15, 0.2) is 36.4 Å². The number of hydrogen-bond donors (Lipinski definition) is 0. The van der Waals surface area contributed by atoms with Gasteiger partial charge in [0.2, 0.25) is 5.91 Å². The number of aromatic nitrogens is 2. The summed E-state index contributed by atoms with van der Waals surface area (Å²) >= 11 is 0. The lowest BCUT2D eigenvalue weighted by Crippen LogP contribution is -2.40. The van der Waals surface area contributed by atoms with Crippen molar-refractivity contribution in [1.29, 1.82) is 0 Å². The maximum absolute atomic E-state index is 13.2. The first-order valence-corrected chi connectivity index (χ1v) is 11.2. The molecule has 0 bridgehead atoms. The molecule has 2 fully saturated rings. The Morgan fingerprint density at radius 3 is 2.42 bits per heavy atom. The predicted octanol–water partition coefficient (Wildman–Crippen LogP) is 2.75. The zero-order valence-electron chi connectivity index (χ0n) is 18.7. The summed E-state index contributed by atoms with van der Waals surface area (Å²) in [4.78, 5) is 28.9. The monoisotopic (exact) mass is 424 g/mol. The van der Waals surface area contributed by atoms with Gasteiger partial charge in [-0.1, -0.05) is 18.2 Å². The minimum absolute atomic E-state index is 0.0384. The first kappa shape index (κ1) is 21.4. The quantitative estimate of drug-likeness (QED) is 0.740. The summed E-state index contributed by atoms with van der Waals surface area (Å²) in [6.07, 6.45) is 1.97. The lowest BCUT2D eigenvalue weighted by Gasteiger charge is -2.36. The predicted molar refractivity (Wildman–Crippen MR) is 118 cm³/mol. The van der Waals surface area contributed by atoms with Crippen molar-refractivity contribution in [2.45, 2.75) is 26.7 Å². The topological polar surface area (TPSA) is 67.7 Å². The zero-order chi connectivity index (χ0) is 22.0. The van der Waals surface area contributed by atoms with E-state index in [1.54, 1.807) is 11.6 Å². The van der Waals surface area contributed by atoms with E-state index in [-0.39, 0.29) is 17.7 Å². The number of benzene rings is 1. The maximum Gasteiger partial charge on any atom is 0.272 e. The highest BCUT2D eigenvalue weighted by Gasteiger charge is 2.41. The Bertz CT molecular complexity index is 918. The number of aryl methyl sites for hydroxylation is 2. The van der Waals surface area contributed by atoms with Crippen molar-refractivity contribution in [1.82, 2.24) is 19.6 Å². The number of rotatable bonds is 5. The Morgan fingerprint density at radius 1 is 1.10 bits per heavy atom. The Kier molecular flexibility index (Phi) is 6.30. The molecule has 166 valence electrons. The molecule has 0 saturated carbocycles. The molecule has 31 heavy (non-hydrogen) atoms. The van der Waals surface area contributed by atoms with Crippen molar-refractivity contribution in [3.63, 3.8) is 0 Å². The van der Waals surface area contributed by atoms with Gasteiger partial charge in [-0.3, -0.25) is 14.3 Å². The molecule has 2 aliphatic heterocycles. The third-order valence-corrected chi connectivity index (χ3v) is 6.80. The van der Waals surface area contributed by atoms with E-state index < -0.39 is 0 Å². The molecule has 0 aliphatic carbocycles. The third kappa shape index (κ3) is 4.75. The van der Waals surface area contributed by atoms with E-state index >= 15 is 0 Å². The van der Waals surface area contributed by atoms with Crippen LogP contribution in [0.3, 0.4) is 0 Å². The van der Waals surface area contributed by atoms with Crippen LogP contribution in [0.25, 0.3) is 0 Å². The first-order chi connectivity index (χ1) is 14.9. The second-order valence-corrected chi connectivity index (χ2v) is 8.90. The van der Waals surface area contributed by atoms with Crippen molar-refractivity contribution < 1.29 is 14.3 Å². The largest absolute Gasteiger partial charge is 0.493 e. The molecule has 0 unspecified atom stereocenters. The highest BCUT2D eigenvalue weighted by molar-refractivity contribution is 5.93. The summed E-state index contributed by atoms with van der Waals surface area (Å²) in [5, 5.41) is 4.34. The van der Waals surface area contributed by atoms with E-state index in [9.17, 15) is 9.59 Å². The summed E-state index contributed by atoms with van der Waals surface area (Å²) in [5.74, 6) is 2.18. The first-order valence-electron chi connectivity index (χ1n) is 11.2.